The standard InChI is InChI=1S/C15H21N3S/c1-2-4-11(3-1)19-9-14-17-13-8-16-7-12(13)15(18-14)10-5-6-10/h10-11,16H,1-9H2. The lowest BCUT2D eigenvalue weighted by atomic mass is 10.1. The van der Waals surface area contributed by atoms with Crippen LogP contribution in [0.2, 0.25) is 0 Å². The molecular formula is C15H21N3S. The molecule has 0 atom stereocenters. The lowest BCUT2D eigenvalue weighted by Crippen LogP contribution is -2.06. The molecule has 3 aliphatic rings. The van der Waals surface area contributed by atoms with Crippen LogP contribution in [0.15, 0.2) is 0 Å². The van der Waals surface area contributed by atoms with Gasteiger partial charge in [-0.15, -0.1) is 0 Å². The van der Waals surface area contributed by atoms with Gasteiger partial charge in [0, 0.05) is 29.8 Å². The molecule has 0 saturated heterocycles. The predicted molar refractivity (Wildman–Crippen MR) is 78.1 cm³/mol. The average Bonchev–Trinajstić information content (AvgIpc) is 2.95. The maximum atomic E-state index is 4.90. The summed E-state index contributed by atoms with van der Waals surface area (Å²) in [6.07, 6.45) is 8.29. The number of fused-ring (bicyclic) bond motifs is 1. The van der Waals surface area contributed by atoms with Crippen LogP contribution in [-0.2, 0) is 18.8 Å². The summed E-state index contributed by atoms with van der Waals surface area (Å²) in [4.78, 5) is 9.69. The minimum absolute atomic E-state index is 0.742. The summed E-state index contributed by atoms with van der Waals surface area (Å²) in [5.74, 6) is 2.84. The number of nitrogens with zero attached hydrogens (tertiary/aromatic N) is 2. The van der Waals surface area contributed by atoms with Crippen LogP contribution >= 0.6 is 11.8 Å². The highest BCUT2D eigenvalue weighted by atomic mass is 32.2. The second-order valence-electron chi connectivity index (χ2n) is 6.05. The zero-order chi connectivity index (χ0) is 12.7. The van der Waals surface area contributed by atoms with E-state index in [-0.39, 0.29) is 0 Å². The van der Waals surface area contributed by atoms with E-state index in [0.29, 0.717) is 0 Å². The molecule has 2 heterocycles. The van der Waals surface area contributed by atoms with E-state index < -0.39 is 0 Å². The SMILES string of the molecule is C1CCC(SCc2nc3c(c(C4CC4)n2)CNC3)C1. The van der Waals surface area contributed by atoms with Gasteiger partial charge >= 0.3 is 0 Å². The van der Waals surface area contributed by atoms with Crippen molar-refractivity contribution in [3.63, 3.8) is 0 Å². The third kappa shape index (κ3) is 2.52. The molecule has 0 unspecified atom stereocenters. The lowest BCUT2D eigenvalue weighted by molar-refractivity contribution is 0.755. The van der Waals surface area contributed by atoms with E-state index in [1.54, 1.807) is 0 Å². The summed E-state index contributed by atoms with van der Waals surface area (Å²) in [5, 5.41) is 4.29. The summed E-state index contributed by atoms with van der Waals surface area (Å²) >= 11 is 2.08. The molecule has 3 nitrogen and oxygen atoms in total. The molecule has 4 rings (SSSR count). The van der Waals surface area contributed by atoms with E-state index in [0.717, 1.165) is 35.8 Å². The van der Waals surface area contributed by atoms with E-state index in [1.807, 2.05) is 0 Å². The van der Waals surface area contributed by atoms with Crippen molar-refractivity contribution in [1.82, 2.24) is 15.3 Å². The Morgan fingerprint density at radius 1 is 1.05 bits per heavy atom. The highest BCUT2D eigenvalue weighted by molar-refractivity contribution is 7.99. The van der Waals surface area contributed by atoms with Crippen molar-refractivity contribution >= 4 is 11.8 Å². The second kappa shape index (κ2) is 5.06. The second-order valence-corrected chi connectivity index (χ2v) is 7.33. The number of hydrogen-bond acceptors (Lipinski definition) is 4. The molecule has 1 aromatic rings. The van der Waals surface area contributed by atoms with Gasteiger partial charge in [-0.3, -0.25) is 0 Å². The molecule has 0 bridgehead atoms. The summed E-state index contributed by atoms with van der Waals surface area (Å²) < 4.78 is 0. The van der Waals surface area contributed by atoms with Crippen molar-refractivity contribution in [2.24, 2.45) is 0 Å². The van der Waals surface area contributed by atoms with Gasteiger partial charge in [-0.25, -0.2) is 9.97 Å². The Morgan fingerprint density at radius 3 is 2.68 bits per heavy atom. The van der Waals surface area contributed by atoms with Gasteiger partial charge in [0.15, 0.2) is 0 Å². The largest absolute Gasteiger partial charge is 0.307 e. The number of rotatable bonds is 4. The van der Waals surface area contributed by atoms with Gasteiger partial charge in [-0.1, -0.05) is 12.8 Å². The van der Waals surface area contributed by atoms with Crippen LogP contribution in [0.1, 0.15) is 67.2 Å². The molecule has 1 N–H and O–H groups in total. The molecule has 1 aliphatic heterocycles. The van der Waals surface area contributed by atoms with Gasteiger partial charge in [-0.2, -0.15) is 11.8 Å². The fraction of sp³-hybridized carbons (Fsp3) is 0.733. The predicted octanol–water partition coefficient (Wildman–Crippen LogP) is 3.13. The van der Waals surface area contributed by atoms with E-state index in [1.165, 1.54) is 55.5 Å². The Labute approximate surface area is 119 Å². The van der Waals surface area contributed by atoms with Gasteiger partial charge in [-0.05, 0) is 25.7 Å². The Morgan fingerprint density at radius 2 is 1.89 bits per heavy atom. The molecule has 1 aromatic heterocycles. The molecule has 0 radical (unpaired) electrons. The van der Waals surface area contributed by atoms with Crippen molar-refractivity contribution in [3.8, 4) is 0 Å². The third-order valence-corrected chi connectivity index (χ3v) is 5.85. The first kappa shape index (κ1) is 12.2. The molecular weight excluding hydrogens is 254 g/mol. The highest BCUT2D eigenvalue weighted by Gasteiger charge is 2.31. The maximum Gasteiger partial charge on any atom is 0.138 e. The molecule has 2 aliphatic carbocycles. The Kier molecular flexibility index (Phi) is 3.24. The van der Waals surface area contributed by atoms with Crippen LogP contribution in [0.4, 0.5) is 0 Å². The first-order valence-corrected chi connectivity index (χ1v) is 8.66. The monoisotopic (exact) mass is 275 g/mol. The van der Waals surface area contributed by atoms with Gasteiger partial charge in [0.1, 0.15) is 5.82 Å². The molecule has 0 aromatic carbocycles. The minimum atomic E-state index is 0.742. The normalized spacial score (nSPS) is 22.9. The number of hydrogen-bond donors (Lipinski definition) is 1. The maximum absolute atomic E-state index is 4.90. The van der Waals surface area contributed by atoms with Gasteiger partial charge in [0.05, 0.1) is 17.1 Å². The fourth-order valence-corrected chi connectivity index (χ4v) is 4.43. The lowest BCUT2D eigenvalue weighted by Gasteiger charge is -2.11. The summed E-state index contributed by atoms with van der Waals surface area (Å²) in [5.41, 5.74) is 4.06. The van der Waals surface area contributed by atoms with Gasteiger partial charge in [0.25, 0.3) is 0 Å². The van der Waals surface area contributed by atoms with Gasteiger partial charge < -0.3 is 5.32 Å². The van der Waals surface area contributed by atoms with E-state index in [9.17, 15) is 0 Å². The first-order chi connectivity index (χ1) is 9.40. The number of thioether (sulfide) groups is 1. The van der Waals surface area contributed by atoms with Crippen LogP contribution in [0.25, 0.3) is 0 Å². The Bertz CT molecular complexity index is 479. The fourth-order valence-electron chi connectivity index (χ4n) is 3.25. The Hall–Kier alpha value is -0.610. The van der Waals surface area contributed by atoms with Crippen molar-refractivity contribution in [2.45, 2.75) is 68.5 Å². The van der Waals surface area contributed by atoms with Crippen LogP contribution in [-0.4, -0.2) is 15.2 Å². The van der Waals surface area contributed by atoms with Crippen LogP contribution in [0, 0.1) is 0 Å². The molecule has 2 saturated carbocycles. The quantitative estimate of drug-likeness (QED) is 0.916. The Balaban J connectivity index is 1.53. The number of nitrogens with one attached hydrogen (secondary N) is 1. The molecule has 4 heteroatoms. The van der Waals surface area contributed by atoms with Crippen LogP contribution in [0.3, 0.4) is 0 Å². The van der Waals surface area contributed by atoms with E-state index >= 15 is 0 Å². The topological polar surface area (TPSA) is 37.8 Å². The molecule has 2 fully saturated rings. The smallest absolute Gasteiger partial charge is 0.138 e. The van der Waals surface area contributed by atoms with Crippen LogP contribution in [0.5, 0.6) is 0 Å². The van der Waals surface area contributed by atoms with Crippen molar-refractivity contribution in [1.29, 1.82) is 0 Å². The van der Waals surface area contributed by atoms with Crippen molar-refractivity contribution < 1.29 is 0 Å². The first-order valence-electron chi connectivity index (χ1n) is 7.61. The van der Waals surface area contributed by atoms with Gasteiger partial charge in [0.2, 0.25) is 0 Å². The van der Waals surface area contributed by atoms with E-state index in [2.05, 4.69) is 17.1 Å². The summed E-state index contributed by atoms with van der Waals surface area (Å²) in [6.45, 7) is 1.93. The summed E-state index contributed by atoms with van der Waals surface area (Å²) in [6, 6.07) is 0. The van der Waals surface area contributed by atoms with Crippen molar-refractivity contribution in [3.05, 3.63) is 22.8 Å². The van der Waals surface area contributed by atoms with Crippen molar-refractivity contribution in [2.75, 3.05) is 0 Å². The molecule has 0 spiro atoms. The zero-order valence-corrected chi connectivity index (χ0v) is 12.1. The number of aromatic nitrogens is 2. The highest BCUT2D eigenvalue weighted by Crippen LogP contribution is 2.42. The van der Waals surface area contributed by atoms with Crippen LogP contribution < -0.4 is 5.32 Å². The zero-order valence-electron chi connectivity index (χ0n) is 11.3. The molecule has 102 valence electrons. The molecule has 0 amide bonds. The third-order valence-electron chi connectivity index (χ3n) is 4.48. The minimum Gasteiger partial charge on any atom is -0.307 e. The molecule has 19 heavy (non-hydrogen) atoms. The van der Waals surface area contributed by atoms with E-state index in [4.69, 9.17) is 9.97 Å². The average molecular weight is 275 g/mol. The summed E-state index contributed by atoms with van der Waals surface area (Å²) in [7, 11) is 0.